The van der Waals surface area contributed by atoms with Gasteiger partial charge in [-0.3, -0.25) is 9.59 Å². The van der Waals surface area contributed by atoms with Gasteiger partial charge in [-0.05, 0) is 54.1 Å². The highest BCUT2D eigenvalue weighted by atomic mass is 35.5. The lowest BCUT2D eigenvalue weighted by Gasteiger charge is -2.19. The Morgan fingerprint density at radius 2 is 1.62 bits per heavy atom. The van der Waals surface area contributed by atoms with Gasteiger partial charge in [0.25, 0.3) is 5.91 Å². The van der Waals surface area contributed by atoms with Crippen molar-refractivity contribution in [3.8, 4) is 0 Å². The Balaban J connectivity index is 1.55. The molecule has 1 N–H and O–H groups in total. The minimum atomic E-state index is -1.35. The van der Waals surface area contributed by atoms with Crippen LogP contribution in [0.25, 0.3) is 0 Å². The second kappa shape index (κ2) is 9.56. The van der Waals surface area contributed by atoms with E-state index in [1.165, 1.54) is 43.4 Å². The van der Waals surface area contributed by atoms with Gasteiger partial charge in [0.05, 0.1) is 22.2 Å². The number of amides is 2. The zero-order chi connectivity index (χ0) is 24.8. The summed E-state index contributed by atoms with van der Waals surface area (Å²) in [7, 11) is 1.43. The molecule has 1 fully saturated rings. The molecular weight excluding hydrogens is 545 g/mol. The SMILES string of the molecule is CN(C(=O)c1cc(NC(=O)C2C(c3cc(Cl)cc(Cl)c3)C2(Cl)Cl)ccc1Cl)c1ccccc1F. The van der Waals surface area contributed by atoms with Gasteiger partial charge in [0, 0.05) is 28.7 Å². The molecule has 176 valence electrons. The number of hydrogen-bond acceptors (Lipinski definition) is 2. The predicted molar refractivity (Wildman–Crippen MR) is 136 cm³/mol. The van der Waals surface area contributed by atoms with E-state index in [4.69, 9.17) is 58.0 Å². The van der Waals surface area contributed by atoms with E-state index in [9.17, 15) is 14.0 Å². The third kappa shape index (κ3) is 4.86. The van der Waals surface area contributed by atoms with Crippen molar-refractivity contribution in [2.75, 3.05) is 17.3 Å². The van der Waals surface area contributed by atoms with E-state index in [0.29, 0.717) is 21.3 Å². The zero-order valence-electron chi connectivity index (χ0n) is 17.5. The van der Waals surface area contributed by atoms with Crippen LogP contribution in [0.5, 0.6) is 0 Å². The van der Waals surface area contributed by atoms with Crippen LogP contribution in [0.2, 0.25) is 15.1 Å². The summed E-state index contributed by atoms with van der Waals surface area (Å²) in [5.41, 5.74) is 1.12. The van der Waals surface area contributed by atoms with Crippen molar-refractivity contribution in [2.45, 2.75) is 10.3 Å². The molecule has 0 heterocycles. The lowest BCUT2D eigenvalue weighted by atomic mass is 10.1. The van der Waals surface area contributed by atoms with Gasteiger partial charge in [-0.25, -0.2) is 4.39 Å². The fraction of sp³-hybridized carbons (Fsp3) is 0.167. The second-order valence-corrected chi connectivity index (χ2v) is 10.6. The first kappa shape index (κ1) is 25.1. The summed E-state index contributed by atoms with van der Waals surface area (Å²) in [6, 6.07) is 15.2. The molecule has 2 unspecified atom stereocenters. The van der Waals surface area contributed by atoms with Crippen molar-refractivity contribution in [2.24, 2.45) is 5.92 Å². The predicted octanol–water partition coefficient (Wildman–Crippen LogP) is 7.59. The number of anilines is 2. The molecule has 1 aliphatic rings. The maximum atomic E-state index is 14.1. The highest BCUT2D eigenvalue weighted by Crippen LogP contribution is 2.65. The van der Waals surface area contributed by atoms with Crippen molar-refractivity contribution < 1.29 is 14.0 Å². The zero-order valence-corrected chi connectivity index (χ0v) is 21.2. The number of carbonyl (C=O) groups is 2. The molecule has 2 atom stereocenters. The highest BCUT2D eigenvalue weighted by Gasteiger charge is 2.67. The fourth-order valence-corrected chi connectivity index (χ4v) is 5.39. The summed E-state index contributed by atoms with van der Waals surface area (Å²) in [6.07, 6.45) is 0. The van der Waals surface area contributed by atoms with Crippen molar-refractivity contribution in [3.63, 3.8) is 0 Å². The van der Waals surface area contributed by atoms with Crippen LogP contribution in [0.4, 0.5) is 15.8 Å². The summed E-state index contributed by atoms with van der Waals surface area (Å²) >= 11 is 31.2. The number of carbonyl (C=O) groups excluding carboxylic acids is 2. The minimum absolute atomic E-state index is 0.0854. The Bertz CT molecular complexity index is 1280. The van der Waals surface area contributed by atoms with E-state index < -0.39 is 33.8 Å². The highest BCUT2D eigenvalue weighted by molar-refractivity contribution is 6.53. The summed E-state index contributed by atoms with van der Waals surface area (Å²) in [6.45, 7) is 0. The summed E-state index contributed by atoms with van der Waals surface area (Å²) in [4.78, 5) is 27.1. The first-order valence-corrected chi connectivity index (χ1v) is 11.9. The van der Waals surface area contributed by atoms with E-state index in [2.05, 4.69) is 5.32 Å². The first-order valence-electron chi connectivity index (χ1n) is 9.97. The first-order chi connectivity index (χ1) is 16.0. The van der Waals surface area contributed by atoms with Crippen LogP contribution in [-0.2, 0) is 4.79 Å². The number of nitrogens with one attached hydrogen (secondary N) is 1. The molecule has 0 bridgehead atoms. The van der Waals surface area contributed by atoms with Gasteiger partial charge in [0.1, 0.15) is 10.2 Å². The number of rotatable bonds is 5. The molecular formula is C24H16Cl5FN2O2. The van der Waals surface area contributed by atoms with Gasteiger partial charge in [0.15, 0.2) is 0 Å². The number of alkyl halides is 2. The number of para-hydroxylation sites is 1. The molecule has 0 aromatic heterocycles. The molecule has 1 saturated carbocycles. The quantitative estimate of drug-likeness (QED) is 0.327. The van der Waals surface area contributed by atoms with Gasteiger partial charge in [-0.2, -0.15) is 0 Å². The summed E-state index contributed by atoms with van der Waals surface area (Å²) in [5, 5.41) is 3.67. The van der Waals surface area contributed by atoms with Gasteiger partial charge < -0.3 is 10.2 Å². The number of nitrogens with zero attached hydrogens (tertiary/aromatic N) is 1. The summed E-state index contributed by atoms with van der Waals surface area (Å²) in [5.74, 6) is -2.85. The molecule has 0 saturated heterocycles. The Hall–Kier alpha value is -2.02. The second-order valence-electron chi connectivity index (χ2n) is 7.83. The topological polar surface area (TPSA) is 49.4 Å². The van der Waals surface area contributed by atoms with E-state index in [-0.39, 0.29) is 16.3 Å². The standard InChI is InChI=1S/C24H16Cl5FN2O2/c1-32(19-5-3-2-4-18(19)30)23(34)16-11-15(6-7-17(16)27)31-22(33)21-20(24(21,28)29)12-8-13(25)10-14(26)9-12/h2-11,20-21H,1H3,(H,31,33). The molecule has 3 aromatic rings. The molecule has 4 nitrogen and oxygen atoms in total. The normalized spacial score (nSPS) is 18.3. The number of hydrogen-bond donors (Lipinski definition) is 1. The van der Waals surface area contributed by atoms with Crippen molar-refractivity contribution in [3.05, 3.63) is 92.7 Å². The molecule has 2 amide bonds. The third-order valence-electron chi connectivity index (χ3n) is 5.56. The Morgan fingerprint density at radius 1 is 0.971 bits per heavy atom. The molecule has 0 spiro atoms. The molecule has 0 radical (unpaired) electrons. The Kier molecular flexibility index (Phi) is 7.05. The van der Waals surface area contributed by atoms with E-state index in [0.717, 1.165) is 4.90 Å². The van der Waals surface area contributed by atoms with Crippen molar-refractivity contribution in [1.29, 1.82) is 0 Å². The van der Waals surface area contributed by atoms with Crippen LogP contribution < -0.4 is 10.2 Å². The lowest BCUT2D eigenvalue weighted by molar-refractivity contribution is -0.117. The molecule has 1 aliphatic carbocycles. The smallest absolute Gasteiger partial charge is 0.259 e. The van der Waals surface area contributed by atoms with Crippen LogP contribution in [0.3, 0.4) is 0 Å². The van der Waals surface area contributed by atoms with Crippen LogP contribution in [0.15, 0.2) is 60.7 Å². The molecule has 34 heavy (non-hydrogen) atoms. The van der Waals surface area contributed by atoms with E-state index >= 15 is 0 Å². The maximum absolute atomic E-state index is 14.1. The van der Waals surface area contributed by atoms with Gasteiger partial charge >= 0.3 is 0 Å². The minimum Gasteiger partial charge on any atom is -0.326 e. The average molecular weight is 561 g/mol. The van der Waals surface area contributed by atoms with Gasteiger partial charge in [-0.15, -0.1) is 23.2 Å². The van der Waals surface area contributed by atoms with Crippen molar-refractivity contribution in [1.82, 2.24) is 0 Å². The monoisotopic (exact) mass is 558 g/mol. The molecule has 4 rings (SSSR count). The fourth-order valence-electron chi connectivity index (χ4n) is 3.82. The maximum Gasteiger partial charge on any atom is 0.259 e. The van der Waals surface area contributed by atoms with E-state index in [1.807, 2.05) is 0 Å². The van der Waals surface area contributed by atoms with Crippen LogP contribution >= 0.6 is 58.0 Å². The molecule has 10 heteroatoms. The van der Waals surface area contributed by atoms with Crippen molar-refractivity contribution >= 4 is 81.2 Å². The molecule has 0 aliphatic heterocycles. The average Bonchev–Trinajstić information content (AvgIpc) is 3.36. The van der Waals surface area contributed by atoms with Gasteiger partial charge in [-0.1, -0.05) is 46.9 Å². The lowest BCUT2D eigenvalue weighted by Crippen LogP contribution is -2.27. The summed E-state index contributed by atoms with van der Waals surface area (Å²) < 4.78 is 12.8. The Morgan fingerprint density at radius 3 is 2.26 bits per heavy atom. The van der Waals surface area contributed by atoms with Crippen LogP contribution in [0.1, 0.15) is 21.8 Å². The van der Waals surface area contributed by atoms with Gasteiger partial charge in [0.2, 0.25) is 5.91 Å². The number of halogens is 6. The molecule has 3 aromatic carbocycles. The largest absolute Gasteiger partial charge is 0.326 e. The number of benzene rings is 3. The van der Waals surface area contributed by atoms with E-state index in [1.54, 1.807) is 24.3 Å². The van der Waals surface area contributed by atoms with Crippen LogP contribution in [-0.4, -0.2) is 23.2 Å². The third-order valence-corrected chi connectivity index (χ3v) is 7.27. The Labute approximate surface area is 220 Å². The van der Waals surface area contributed by atoms with Crippen LogP contribution in [0, 0.1) is 11.7 Å².